The van der Waals surface area contributed by atoms with E-state index in [0.717, 1.165) is 22.4 Å². The standard InChI is InChI=1S/C17H17N5OS/c1-11-5-6-12(2)14(8-11)22-16(13-4-3-7-19-9-13)20-21-17(22)24-10-15(18)23/h3-9H,10H2,1-2H3,(H2,18,23). The smallest absolute Gasteiger partial charge is 0.227 e. The Morgan fingerprint density at radius 2 is 2.08 bits per heavy atom. The second-order valence-electron chi connectivity index (χ2n) is 5.43. The zero-order chi connectivity index (χ0) is 17.1. The van der Waals surface area contributed by atoms with E-state index in [0.29, 0.717) is 11.0 Å². The fraction of sp³-hybridized carbons (Fsp3) is 0.176. The van der Waals surface area contributed by atoms with Gasteiger partial charge in [0, 0.05) is 18.0 Å². The van der Waals surface area contributed by atoms with E-state index in [2.05, 4.69) is 33.4 Å². The summed E-state index contributed by atoms with van der Waals surface area (Å²) in [4.78, 5) is 15.3. The molecular formula is C17H17N5OS. The van der Waals surface area contributed by atoms with Gasteiger partial charge in [0.2, 0.25) is 5.91 Å². The van der Waals surface area contributed by atoms with E-state index in [-0.39, 0.29) is 5.75 Å². The van der Waals surface area contributed by atoms with Crippen LogP contribution in [-0.2, 0) is 4.79 Å². The van der Waals surface area contributed by atoms with E-state index < -0.39 is 5.91 Å². The molecule has 1 aromatic carbocycles. The number of thioether (sulfide) groups is 1. The molecule has 2 N–H and O–H groups in total. The fourth-order valence-electron chi connectivity index (χ4n) is 2.36. The second-order valence-corrected chi connectivity index (χ2v) is 6.37. The molecule has 0 spiro atoms. The van der Waals surface area contributed by atoms with Crippen LogP contribution in [0.25, 0.3) is 17.1 Å². The summed E-state index contributed by atoms with van der Waals surface area (Å²) in [6, 6.07) is 9.98. The highest BCUT2D eigenvalue weighted by atomic mass is 32.2. The van der Waals surface area contributed by atoms with Crippen LogP contribution in [0.15, 0.2) is 47.9 Å². The predicted molar refractivity (Wildman–Crippen MR) is 94.0 cm³/mol. The summed E-state index contributed by atoms with van der Waals surface area (Å²) in [7, 11) is 0. The molecule has 0 radical (unpaired) electrons. The highest BCUT2D eigenvalue weighted by Crippen LogP contribution is 2.29. The molecule has 0 atom stereocenters. The number of rotatable bonds is 5. The minimum atomic E-state index is -0.390. The van der Waals surface area contributed by atoms with Gasteiger partial charge in [-0.3, -0.25) is 14.3 Å². The van der Waals surface area contributed by atoms with Crippen LogP contribution < -0.4 is 5.73 Å². The highest BCUT2D eigenvalue weighted by Gasteiger charge is 2.18. The van der Waals surface area contributed by atoms with Crippen LogP contribution in [-0.4, -0.2) is 31.4 Å². The van der Waals surface area contributed by atoms with Crippen LogP contribution in [0.1, 0.15) is 11.1 Å². The largest absolute Gasteiger partial charge is 0.369 e. The molecule has 7 heteroatoms. The lowest BCUT2D eigenvalue weighted by Crippen LogP contribution is -2.14. The Hall–Kier alpha value is -2.67. The first-order chi connectivity index (χ1) is 11.6. The normalized spacial score (nSPS) is 10.8. The molecule has 24 heavy (non-hydrogen) atoms. The quantitative estimate of drug-likeness (QED) is 0.722. The number of primary amides is 1. The number of nitrogens with zero attached hydrogens (tertiary/aromatic N) is 4. The average molecular weight is 339 g/mol. The van der Waals surface area contributed by atoms with Gasteiger partial charge in [0.05, 0.1) is 11.4 Å². The second kappa shape index (κ2) is 6.84. The van der Waals surface area contributed by atoms with Gasteiger partial charge in [-0.15, -0.1) is 10.2 Å². The summed E-state index contributed by atoms with van der Waals surface area (Å²) in [6.45, 7) is 4.07. The van der Waals surface area contributed by atoms with Crippen LogP contribution in [0.4, 0.5) is 0 Å². The molecule has 0 saturated heterocycles. The van der Waals surface area contributed by atoms with Crippen LogP contribution >= 0.6 is 11.8 Å². The summed E-state index contributed by atoms with van der Waals surface area (Å²) in [5, 5.41) is 9.19. The Labute approximate surface area is 144 Å². The Kier molecular flexibility index (Phi) is 4.61. The van der Waals surface area contributed by atoms with Gasteiger partial charge in [-0.25, -0.2) is 0 Å². The molecule has 2 aromatic heterocycles. The van der Waals surface area contributed by atoms with E-state index in [1.807, 2.05) is 30.5 Å². The molecular weight excluding hydrogens is 322 g/mol. The third kappa shape index (κ3) is 3.30. The Morgan fingerprint density at radius 1 is 1.25 bits per heavy atom. The van der Waals surface area contributed by atoms with Crippen molar-refractivity contribution in [2.75, 3.05) is 5.75 Å². The maximum Gasteiger partial charge on any atom is 0.227 e. The first-order valence-electron chi connectivity index (χ1n) is 7.41. The first-order valence-corrected chi connectivity index (χ1v) is 8.39. The number of hydrogen-bond donors (Lipinski definition) is 1. The van der Waals surface area contributed by atoms with Gasteiger partial charge in [0.15, 0.2) is 11.0 Å². The monoisotopic (exact) mass is 339 g/mol. The van der Waals surface area contributed by atoms with Gasteiger partial charge in [0.1, 0.15) is 0 Å². The number of amides is 1. The number of nitrogens with two attached hydrogens (primary N) is 1. The SMILES string of the molecule is Cc1ccc(C)c(-n2c(SCC(N)=O)nnc2-c2cccnc2)c1. The molecule has 6 nitrogen and oxygen atoms in total. The van der Waals surface area contributed by atoms with Crippen LogP contribution in [0.2, 0.25) is 0 Å². The van der Waals surface area contributed by atoms with Crippen molar-refractivity contribution in [2.45, 2.75) is 19.0 Å². The van der Waals surface area contributed by atoms with Crippen molar-refractivity contribution in [3.8, 4) is 17.1 Å². The van der Waals surface area contributed by atoms with E-state index in [1.54, 1.807) is 12.4 Å². The Bertz CT molecular complexity index is 876. The number of aryl methyl sites for hydroxylation is 2. The maximum absolute atomic E-state index is 11.2. The van der Waals surface area contributed by atoms with E-state index >= 15 is 0 Å². The number of aromatic nitrogens is 4. The number of carbonyl (C=O) groups is 1. The van der Waals surface area contributed by atoms with Gasteiger partial charge in [-0.1, -0.05) is 23.9 Å². The molecule has 3 aromatic rings. The molecule has 122 valence electrons. The summed E-state index contributed by atoms with van der Waals surface area (Å²) in [6.07, 6.45) is 3.46. The first kappa shape index (κ1) is 16.2. The van der Waals surface area contributed by atoms with Gasteiger partial charge < -0.3 is 5.73 Å². The number of carbonyl (C=O) groups excluding carboxylic acids is 1. The van der Waals surface area contributed by atoms with Crippen molar-refractivity contribution in [1.82, 2.24) is 19.7 Å². The van der Waals surface area contributed by atoms with Crippen molar-refractivity contribution in [3.05, 3.63) is 53.9 Å². The van der Waals surface area contributed by atoms with Crippen molar-refractivity contribution in [3.63, 3.8) is 0 Å². The predicted octanol–water partition coefficient (Wildman–Crippen LogP) is 2.52. The molecule has 0 bridgehead atoms. The molecule has 0 aliphatic rings. The van der Waals surface area contributed by atoms with E-state index in [4.69, 9.17) is 5.73 Å². The number of hydrogen-bond acceptors (Lipinski definition) is 5. The third-order valence-corrected chi connectivity index (χ3v) is 4.45. The summed E-state index contributed by atoms with van der Waals surface area (Å²) < 4.78 is 1.95. The highest BCUT2D eigenvalue weighted by molar-refractivity contribution is 7.99. The molecule has 0 saturated carbocycles. The van der Waals surface area contributed by atoms with Crippen LogP contribution in [0.3, 0.4) is 0 Å². The molecule has 0 aliphatic heterocycles. The molecule has 1 amide bonds. The molecule has 3 rings (SSSR count). The Balaban J connectivity index is 2.17. The van der Waals surface area contributed by atoms with Crippen LogP contribution in [0, 0.1) is 13.8 Å². The summed E-state index contributed by atoms with van der Waals surface area (Å²) in [5.74, 6) is 0.443. The van der Waals surface area contributed by atoms with E-state index in [1.165, 1.54) is 11.8 Å². The average Bonchev–Trinajstić information content (AvgIpc) is 2.99. The van der Waals surface area contributed by atoms with Crippen molar-refractivity contribution in [1.29, 1.82) is 0 Å². The molecule has 0 unspecified atom stereocenters. The van der Waals surface area contributed by atoms with Crippen molar-refractivity contribution in [2.24, 2.45) is 5.73 Å². The number of pyridine rings is 1. The summed E-state index contributed by atoms with van der Waals surface area (Å²) in [5.41, 5.74) is 9.33. The van der Waals surface area contributed by atoms with Gasteiger partial charge in [-0.05, 0) is 43.2 Å². The van der Waals surface area contributed by atoms with Gasteiger partial charge >= 0.3 is 0 Å². The lowest BCUT2D eigenvalue weighted by molar-refractivity contribution is -0.115. The van der Waals surface area contributed by atoms with Crippen molar-refractivity contribution >= 4 is 17.7 Å². The molecule has 0 aliphatic carbocycles. The Morgan fingerprint density at radius 3 is 2.79 bits per heavy atom. The lowest BCUT2D eigenvalue weighted by Gasteiger charge is -2.13. The third-order valence-electron chi connectivity index (χ3n) is 3.50. The topological polar surface area (TPSA) is 86.7 Å². The van der Waals surface area contributed by atoms with Crippen molar-refractivity contribution < 1.29 is 4.79 Å². The molecule has 2 heterocycles. The lowest BCUT2D eigenvalue weighted by atomic mass is 10.1. The zero-order valence-electron chi connectivity index (χ0n) is 13.4. The minimum absolute atomic E-state index is 0.149. The minimum Gasteiger partial charge on any atom is -0.369 e. The zero-order valence-corrected chi connectivity index (χ0v) is 14.2. The summed E-state index contributed by atoms with van der Waals surface area (Å²) >= 11 is 1.27. The van der Waals surface area contributed by atoms with Crippen LogP contribution in [0.5, 0.6) is 0 Å². The maximum atomic E-state index is 11.2. The van der Waals surface area contributed by atoms with Gasteiger partial charge in [-0.2, -0.15) is 0 Å². The van der Waals surface area contributed by atoms with Gasteiger partial charge in [0.25, 0.3) is 0 Å². The fourth-order valence-corrected chi connectivity index (χ4v) is 3.04. The van der Waals surface area contributed by atoms with E-state index in [9.17, 15) is 4.79 Å². The molecule has 0 fully saturated rings. The number of benzene rings is 1.